The summed E-state index contributed by atoms with van der Waals surface area (Å²) >= 11 is 0. The molecule has 0 amide bonds. The maximum absolute atomic E-state index is 5.95. The van der Waals surface area contributed by atoms with Crippen molar-refractivity contribution in [2.24, 2.45) is 21.9 Å². The first-order valence-corrected chi connectivity index (χ1v) is 8.61. The van der Waals surface area contributed by atoms with Gasteiger partial charge in [0.2, 0.25) is 0 Å². The second kappa shape index (κ2) is 9.31. The SMILES string of the molecule is NN=Cc1ccc(-c2ccccc2COCc2cccc(C=NN)c2)cc1. The zero-order valence-corrected chi connectivity index (χ0v) is 15.0. The van der Waals surface area contributed by atoms with Gasteiger partial charge in [-0.3, -0.25) is 0 Å². The molecule has 0 aliphatic rings. The zero-order chi connectivity index (χ0) is 18.9. The fourth-order valence-corrected chi connectivity index (χ4v) is 2.89. The van der Waals surface area contributed by atoms with Crippen molar-refractivity contribution in [2.45, 2.75) is 13.2 Å². The molecule has 3 aromatic rings. The van der Waals surface area contributed by atoms with Crippen LogP contribution in [0.25, 0.3) is 11.1 Å². The second-order valence-electron chi connectivity index (χ2n) is 6.07. The summed E-state index contributed by atoms with van der Waals surface area (Å²) in [6.45, 7) is 1.05. The Balaban J connectivity index is 1.70. The molecular formula is C22H22N4O. The molecule has 27 heavy (non-hydrogen) atoms. The monoisotopic (exact) mass is 358 g/mol. The van der Waals surface area contributed by atoms with E-state index in [-0.39, 0.29) is 0 Å². The molecule has 5 nitrogen and oxygen atoms in total. The van der Waals surface area contributed by atoms with Gasteiger partial charge in [0.1, 0.15) is 0 Å². The van der Waals surface area contributed by atoms with E-state index in [2.05, 4.69) is 34.5 Å². The van der Waals surface area contributed by atoms with Gasteiger partial charge < -0.3 is 16.4 Å². The lowest BCUT2D eigenvalue weighted by atomic mass is 9.99. The number of hydrogen-bond acceptors (Lipinski definition) is 5. The smallest absolute Gasteiger partial charge is 0.0727 e. The van der Waals surface area contributed by atoms with E-state index >= 15 is 0 Å². The minimum absolute atomic E-state index is 0.520. The fourth-order valence-electron chi connectivity index (χ4n) is 2.89. The first-order valence-electron chi connectivity index (χ1n) is 8.61. The van der Waals surface area contributed by atoms with Crippen molar-refractivity contribution in [3.05, 3.63) is 95.1 Å². The van der Waals surface area contributed by atoms with Gasteiger partial charge in [-0.15, -0.1) is 0 Å². The minimum atomic E-state index is 0.520. The minimum Gasteiger partial charge on any atom is -0.372 e. The highest BCUT2D eigenvalue weighted by atomic mass is 16.5. The molecule has 0 heterocycles. The van der Waals surface area contributed by atoms with Gasteiger partial charge in [0.05, 0.1) is 25.6 Å². The normalized spacial score (nSPS) is 11.4. The standard InChI is InChI=1S/C22H22N4O/c23-25-13-17-8-10-20(11-9-17)22-7-2-1-6-21(22)16-27-15-19-5-3-4-18(12-19)14-26-24/h1-14H,15-16,23-24H2. The average Bonchev–Trinajstić information content (AvgIpc) is 2.70. The third-order valence-corrected chi connectivity index (χ3v) is 4.16. The molecule has 0 radical (unpaired) electrons. The molecule has 3 aromatic carbocycles. The molecule has 136 valence electrons. The van der Waals surface area contributed by atoms with E-state index in [4.69, 9.17) is 16.4 Å². The molecule has 0 aliphatic carbocycles. The quantitative estimate of drug-likeness (QED) is 0.384. The topological polar surface area (TPSA) is 86.0 Å². The van der Waals surface area contributed by atoms with Crippen LogP contribution >= 0.6 is 0 Å². The van der Waals surface area contributed by atoms with E-state index in [1.807, 2.05) is 48.5 Å². The van der Waals surface area contributed by atoms with Crippen LogP contribution in [0.4, 0.5) is 0 Å². The van der Waals surface area contributed by atoms with E-state index < -0.39 is 0 Å². The largest absolute Gasteiger partial charge is 0.372 e. The van der Waals surface area contributed by atoms with Crippen LogP contribution in [0.5, 0.6) is 0 Å². The Hall–Kier alpha value is -3.44. The maximum Gasteiger partial charge on any atom is 0.0727 e. The van der Waals surface area contributed by atoms with Crippen molar-refractivity contribution < 1.29 is 4.74 Å². The number of benzene rings is 3. The molecule has 0 spiro atoms. The van der Waals surface area contributed by atoms with Crippen LogP contribution < -0.4 is 11.7 Å². The second-order valence-corrected chi connectivity index (χ2v) is 6.07. The number of hydrogen-bond donors (Lipinski definition) is 2. The molecule has 0 saturated heterocycles. The number of nitrogens with zero attached hydrogens (tertiary/aromatic N) is 2. The lowest BCUT2D eigenvalue weighted by molar-refractivity contribution is 0.107. The van der Waals surface area contributed by atoms with Crippen LogP contribution in [-0.2, 0) is 18.0 Å². The number of ether oxygens (including phenoxy) is 1. The van der Waals surface area contributed by atoms with Gasteiger partial charge in [0.25, 0.3) is 0 Å². The number of nitrogens with two attached hydrogens (primary N) is 2. The molecule has 0 aliphatic heterocycles. The summed E-state index contributed by atoms with van der Waals surface area (Å²) in [6.07, 6.45) is 3.25. The molecule has 0 atom stereocenters. The maximum atomic E-state index is 5.95. The molecule has 4 N–H and O–H groups in total. The van der Waals surface area contributed by atoms with Crippen molar-refractivity contribution in [1.29, 1.82) is 0 Å². The summed E-state index contributed by atoms with van der Waals surface area (Å²) in [5.74, 6) is 10.4. The summed E-state index contributed by atoms with van der Waals surface area (Å²) in [5.41, 5.74) is 6.42. The van der Waals surface area contributed by atoms with Crippen molar-refractivity contribution in [2.75, 3.05) is 0 Å². The molecule has 0 saturated carbocycles. The molecule has 0 aromatic heterocycles. The van der Waals surface area contributed by atoms with Gasteiger partial charge in [-0.25, -0.2) is 0 Å². The van der Waals surface area contributed by atoms with Gasteiger partial charge in [0, 0.05) is 0 Å². The number of rotatable bonds is 7. The Morgan fingerprint density at radius 3 is 2.26 bits per heavy atom. The van der Waals surface area contributed by atoms with Crippen LogP contribution in [0.1, 0.15) is 22.3 Å². The fraction of sp³-hybridized carbons (Fsp3) is 0.0909. The van der Waals surface area contributed by atoms with E-state index in [0.29, 0.717) is 13.2 Å². The first kappa shape index (κ1) is 18.4. The number of hydrazone groups is 2. The molecule has 5 heteroatoms. The van der Waals surface area contributed by atoms with Crippen LogP contribution in [0, 0.1) is 0 Å². The van der Waals surface area contributed by atoms with Gasteiger partial charge in [-0.2, -0.15) is 10.2 Å². The predicted octanol–water partition coefficient (Wildman–Crippen LogP) is 3.66. The highest BCUT2D eigenvalue weighted by molar-refractivity contribution is 5.81. The molecule has 0 bridgehead atoms. The first-order chi connectivity index (χ1) is 13.3. The van der Waals surface area contributed by atoms with Crippen LogP contribution in [0.3, 0.4) is 0 Å². The summed E-state index contributed by atoms with van der Waals surface area (Å²) in [4.78, 5) is 0. The van der Waals surface area contributed by atoms with Gasteiger partial charge in [-0.1, -0.05) is 66.7 Å². The van der Waals surface area contributed by atoms with Crippen LogP contribution in [-0.4, -0.2) is 12.4 Å². The molecular weight excluding hydrogens is 336 g/mol. The lowest BCUT2D eigenvalue weighted by Gasteiger charge is -2.11. The van der Waals surface area contributed by atoms with E-state index in [1.165, 1.54) is 0 Å². The predicted molar refractivity (Wildman–Crippen MR) is 110 cm³/mol. The average molecular weight is 358 g/mol. The van der Waals surface area contributed by atoms with Gasteiger partial charge in [0.15, 0.2) is 0 Å². The summed E-state index contributed by atoms with van der Waals surface area (Å²) < 4.78 is 5.95. The Kier molecular flexibility index (Phi) is 6.33. The van der Waals surface area contributed by atoms with Gasteiger partial charge >= 0.3 is 0 Å². The van der Waals surface area contributed by atoms with Crippen LogP contribution in [0.2, 0.25) is 0 Å². The van der Waals surface area contributed by atoms with E-state index in [1.54, 1.807) is 12.4 Å². The van der Waals surface area contributed by atoms with E-state index in [9.17, 15) is 0 Å². The summed E-state index contributed by atoms with van der Waals surface area (Å²) in [7, 11) is 0. The molecule has 0 fully saturated rings. The highest BCUT2D eigenvalue weighted by Crippen LogP contribution is 2.25. The third kappa shape index (κ3) is 5.03. The Bertz CT molecular complexity index is 933. The van der Waals surface area contributed by atoms with Crippen molar-refractivity contribution in [3.63, 3.8) is 0 Å². The Morgan fingerprint density at radius 1 is 0.741 bits per heavy atom. The highest BCUT2D eigenvalue weighted by Gasteiger charge is 2.05. The van der Waals surface area contributed by atoms with Crippen molar-refractivity contribution >= 4 is 12.4 Å². The van der Waals surface area contributed by atoms with Crippen molar-refractivity contribution in [1.82, 2.24) is 0 Å². The van der Waals surface area contributed by atoms with Crippen LogP contribution in [0.15, 0.2) is 83.0 Å². The summed E-state index contributed by atoms with van der Waals surface area (Å²) in [5, 5.41) is 7.11. The van der Waals surface area contributed by atoms with E-state index in [0.717, 1.165) is 33.4 Å². The zero-order valence-electron chi connectivity index (χ0n) is 15.0. The summed E-state index contributed by atoms with van der Waals surface area (Å²) in [6, 6.07) is 24.3. The lowest BCUT2D eigenvalue weighted by Crippen LogP contribution is -1.97. The van der Waals surface area contributed by atoms with Crippen molar-refractivity contribution in [3.8, 4) is 11.1 Å². The Labute approximate surface area is 159 Å². The third-order valence-electron chi connectivity index (χ3n) is 4.16. The Morgan fingerprint density at radius 2 is 1.48 bits per heavy atom. The molecule has 3 rings (SSSR count). The molecule has 0 unspecified atom stereocenters. The van der Waals surface area contributed by atoms with Gasteiger partial charge in [-0.05, 0) is 39.4 Å².